The minimum Gasteiger partial charge on any atom is -0.365 e. The normalized spacial score (nSPS) is 21.6. The standard InChI is InChI=1S/C17H26N4O4S2/c1-11-3-4-12-13(9-11)26-17(15(12)16(18)23)19-14(22)10-20-5-7-21(8-6-20)27(2,24)25/h11H,3-10H2,1-2H3,(H2,18,23)(H,19,22)/t11-/m1/s1. The van der Waals surface area contributed by atoms with E-state index in [1.165, 1.54) is 21.9 Å². The lowest BCUT2D eigenvalue weighted by Crippen LogP contribution is -2.50. The second-order valence-corrected chi connectivity index (χ2v) is 10.5. The summed E-state index contributed by atoms with van der Waals surface area (Å²) in [4.78, 5) is 27.5. The smallest absolute Gasteiger partial charge is 0.251 e. The monoisotopic (exact) mass is 414 g/mol. The first-order valence-corrected chi connectivity index (χ1v) is 11.7. The van der Waals surface area contributed by atoms with Crippen LogP contribution < -0.4 is 11.1 Å². The van der Waals surface area contributed by atoms with E-state index in [1.54, 1.807) is 0 Å². The number of nitrogens with one attached hydrogen (secondary N) is 1. The largest absolute Gasteiger partial charge is 0.365 e. The summed E-state index contributed by atoms with van der Waals surface area (Å²) >= 11 is 1.45. The second-order valence-electron chi connectivity index (χ2n) is 7.41. The molecule has 1 atom stereocenters. The molecule has 10 heteroatoms. The highest BCUT2D eigenvalue weighted by molar-refractivity contribution is 7.88. The first kappa shape index (κ1) is 20.2. The Kier molecular flexibility index (Phi) is 5.90. The van der Waals surface area contributed by atoms with Gasteiger partial charge in [-0.15, -0.1) is 11.3 Å². The quantitative estimate of drug-likeness (QED) is 0.728. The zero-order chi connectivity index (χ0) is 19.8. The number of rotatable bonds is 5. The summed E-state index contributed by atoms with van der Waals surface area (Å²) in [5.74, 6) is -0.150. The third kappa shape index (κ3) is 4.68. The van der Waals surface area contributed by atoms with Gasteiger partial charge in [0.05, 0.1) is 18.4 Å². The predicted octanol–water partition coefficient (Wildman–Crippen LogP) is 0.488. The molecular weight excluding hydrogens is 388 g/mol. The number of hydrogen-bond donors (Lipinski definition) is 2. The molecule has 3 rings (SSSR count). The summed E-state index contributed by atoms with van der Waals surface area (Å²) < 4.78 is 24.5. The van der Waals surface area contributed by atoms with Crippen molar-refractivity contribution < 1.29 is 18.0 Å². The van der Waals surface area contributed by atoms with Crippen LogP contribution in [0.5, 0.6) is 0 Å². The van der Waals surface area contributed by atoms with Crippen molar-refractivity contribution >= 4 is 38.2 Å². The third-order valence-electron chi connectivity index (χ3n) is 5.18. The molecule has 2 heterocycles. The number of amides is 2. The lowest BCUT2D eigenvalue weighted by Gasteiger charge is -2.32. The molecule has 0 saturated carbocycles. The molecule has 1 aromatic rings. The van der Waals surface area contributed by atoms with E-state index in [2.05, 4.69) is 12.2 Å². The van der Waals surface area contributed by atoms with E-state index < -0.39 is 15.9 Å². The van der Waals surface area contributed by atoms with Crippen molar-refractivity contribution in [3.8, 4) is 0 Å². The van der Waals surface area contributed by atoms with Crippen molar-refractivity contribution in [3.63, 3.8) is 0 Å². The number of fused-ring (bicyclic) bond motifs is 1. The Morgan fingerprint density at radius 1 is 1.26 bits per heavy atom. The Labute approximate surface area is 163 Å². The van der Waals surface area contributed by atoms with Gasteiger partial charge in [0, 0.05) is 31.1 Å². The molecule has 1 aliphatic carbocycles. The molecule has 2 aliphatic rings. The number of primary amides is 1. The Morgan fingerprint density at radius 3 is 2.52 bits per heavy atom. The maximum atomic E-state index is 12.5. The van der Waals surface area contributed by atoms with Crippen LogP contribution in [0.15, 0.2) is 0 Å². The Morgan fingerprint density at radius 2 is 1.93 bits per heavy atom. The average Bonchev–Trinajstić information content (AvgIpc) is 2.91. The molecule has 1 aliphatic heterocycles. The fraction of sp³-hybridized carbons (Fsp3) is 0.647. The number of carbonyl (C=O) groups is 2. The van der Waals surface area contributed by atoms with Gasteiger partial charge in [0.2, 0.25) is 15.9 Å². The van der Waals surface area contributed by atoms with Gasteiger partial charge in [-0.2, -0.15) is 4.31 Å². The van der Waals surface area contributed by atoms with E-state index in [1.807, 2.05) is 4.90 Å². The Hall–Kier alpha value is -1.49. The molecule has 0 radical (unpaired) electrons. The molecule has 1 aromatic heterocycles. The maximum Gasteiger partial charge on any atom is 0.251 e. The van der Waals surface area contributed by atoms with Crippen molar-refractivity contribution in [2.24, 2.45) is 11.7 Å². The summed E-state index contributed by atoms with van der Waals surface area (Å²) in [7, 11) is -3.19. The van der Waals surface area contributed by atoms with Gasteiger partial charge in [0.25, 0.3) is 5.91 Å². The fourth-order valence-electron chi connectivity index (χ4n) is 3.69. The van der Waals surface area contributed by atoms with Gasteiger partial charge < -0.3 is 11.1 Å². The van der Waals surface area contributed by atoms with Crippen molar-refractivity contribution in [2.45, 2.75) is 26.2 Å². The van der Waals surface area contributed by atoms with Crippen molar-refractivity contribution in [1.82, 2.24) is 9.21 Å². The van der Waals surface area contributed by atoms with Crippen LogP contribution in [0.25, 0.3) is 0 Å². The zero-order valence-electron chi connectivity index (χ0n) is 15.7. The van der Waals surface area contributed by atoms with Gasteiger partial charge in [-0.3, -0.25) is 14.5 Å². The van der Waals surface area contributed by atoms with Crippen LogP contribution in [0, 0.1) is 5.92 Å². The van der Waals surface area contributed by atoms with Gasteiger partial charge in [-0.05, 0) is 30.7 Å². The van der Waals surface area contributed by atoms with Gasteiger partial charge in [0.15, 0.2) is 0 Å². The second kappa shape index (κ2) is 7.86. The number of anilines is 1. The van der Waals surface area contributed by atoms with Crippen LogP contribution in [0.2, 0.25) is 0 Å². The van der Waals surface area contributed by atoms with E-state index in [0.29, 0.717) is 42.7 Å². The highest BCUT2D eigenvalue weighted by Crippen LogP contribution is 2.39. The molecule has 3 N–H and O–H groups in total. The fourth-order valence-corrected chi connectivity index (χ4v) is 5.95. The van der Waals surface area contributed by atoms with Gasteiger partial charge in [0.1, 0.15) is 5.00 Å². The summed E-state index contributed by atoms with van der Waals surface area (Å²) in [5, 5.41) is 3.40. The molecule has 2 amide bonds. The lowest BCUT2D eigenvalue weighted by molar-refractivity contribution is -0.117. The number of thiophene rings is 1. The van der Waals surface area contributed by atoms with Crippen molar-refractivity contribution in [2.75, 3.05) is 44.3 Å². The third-order valence-corrected chi connectivity index (χ3v) is 7.65. The molecule has 0 bridgehead atoms. The molecule has 1 fully saturated rings. The number of sulfonamides is 1. The molecular formula is C17H26N4O4S2. The van der Waals surface area contributed by atoms with Gasteiger partial charge >= 0.3 is 0 Å². The summed E-state index contributed by atoms with van der Waals surface area (Å²) in [6, 6.07) is 0. The first-order chi connectivity index (χ1) is 12.6. The molecule has 0 aromatic carbocycles. The number of nitrogens with zero attached hydrogens (tertiary/aromatic N) is 2. The number of carbonyl (C=O) groups excluding carboxylic acids is 2. The van der Waals surface area contributed by atoms with Crippen LogP contribution >= 0.6 is 11.3 Å². The molecule has 27 heavy (non-hydrogen) atoms. The van der Waals surface area contributed by atoms with Crippen LogP contribution in [0.1, 0.15) is 34.1 Å². The highest BCUT2D eigenvalue weighted by Gasteiger charge is 2.28. The zero-order valence-corrected chi connectivity index (χ0v) is 17.3. The highest BCUT2D eigenvalue weighted by atomic mass is 32.2. The Bertz CT molecular complexity index is 841. The van der Waals surface area contributed by atoms with Crippen LogP contribution in [-0.4, -0.2) is 68.4 Å². The van der Waals surface area contributed by atoms with Crippen molar-refractivity contribution in [3.05, 3.63) is 16.0 Å². The van der Waals surface area contributed by atoms with Crippen LogP contribution in [0.4, 0.5) is 5.00 Å². The molecule has 0 spiro atoms. The van der Waals surface area contributed by atoms with Crippen molar-refractivity contribution in [1.29, 1.82) is 0 Å². The SMILES string of the molecule is C[C@@H]1CCc2c(sc(NC(=O)CN3CCN(S(C)(=O)=O)CC3)c2C(N)=O)C1. The molecule has 8 nitrogen and oxygen atoms in total. The van der Waals surface area contributed by atoms with Crippen LogP contribution in [0.3, 0.4) is 0 Å². The predicted molar refractivity (Wildman–Crippen MR) is 106 cm³/mol. The van der Waals surface area contributed by atoms with Gasteiger partial charge in [-0.1, -0.05) is 6.92 Å². The minimum absolute atomic E-state index is 0.161. The first-order valence-electron chi connectivity index (χ1n) is 9.06. The lowest BCUT2D eigenvalue weighted by atomic mass is 9.88. The van der Waals surface area contributed by atoms with E-state index >= 15 is 0 Å². The molecule has 150 valence electrons. The molecule has 0 unspecified atom stereocenters. The van der Waals surface area contributed by atoms with E-state index in [4.69, 9.17) is 5.73 Å². The number of piperazine rings is 1. The maximum absolute atomic E-state index is 12.5. The van der Waals surface area contributed by atoms with Gasteiger partial charge in [-0.25, -0.2) is 8.42 Å². The van der Waals surface area contributed by atoms with Crippen LogP contribution in [-0.2, 0) is 27.7 Å². The number of nitrogens with two attached hydrogens (primary N) is 1. The van der Waals surface area contributed by atoms with E-state index in [-0.39, 0.29) is 12.5 Å². The topological polar surface area (TPSA) is 113 Å². The average molecular weight is 415 g/mol. The number of hydrogen-bond acceptors (Lipinski definition) is 6. The van der Waals surface area contributed by atoms with E-state index in [0.717, 1.165) is 29.7 Å². The Balaban J connectivity index is 1.64. The summed E-state index contributed by atoms with van der Waals surface area (Å²) in [5.41, 5.74) is 7.02. The van der Waals surface area contributed by atoms with E-state index in [9.17, 15) is 18.0 Å². The molecule has 1 saturated heterocycles. The summed E-state index contributed by atoms with van der Waals surface area (Å²) in [6.07, 6.45) is 3.93. The minimum atomic E-state index is -3.19. The summed E-state index contributed by atoms with van der Waals surface area (Å²) in [6.45, 7) is 4.10.